The summed E-state index contributed by atoms with van der Waals surface area (Å²) in [7, 11) is 1.68. The van der Waals surface area contributed by atoms with Crippen LogP contribution < -0.4 is 4.74 Å². The average molecular weight is 286 g/mol. The molecule has 3 aliphatic heterocycles. The van der Waals surface area contributed by atoms with Crippen LogP contribution in [0.4, 0.5) is 0 Å². The Morgan fingerprint density at radius 3 is 3.10 bits per heavy atom. The van der Waals surface area contributed by atoms with Crippen LogP contribution in [0.15, 0.2) is 36.6 Å². The van der Waals surface area contributed by atoms with E-state index in [0.29, 0.717) is 0 Å². The van der Waals surface area contributed by atoms with Gasteiger partial charge in [-0.15, -0.1) is 0 Å². The number of hydrogen-bond donors (Lipinski definition) is 0. The van der Waals surface area contributed by atoms with E-state index in [9.17, 15) is 0 Å². The van der Waals surface area contributed by atoms with E-state index in [1.807, 2.05) is 18.2 Å². The third-order valence-electron chi connectivity index (χ3n) is 5.77. The summed E-state index contributed by atoms with van der Waals surface area (Å²) in [6, 6.07) is 8.04. The summed E-state index contributed by atoms with van der Waals surface area (Å²) in [4.78, 5) is 0. The zero-order chi connectivity index (χ0) is 14.1. The lowest BCUT2D eigenvalue weighted by molar-refractivity contribution is -0.371. The summed E-state index contributed by atoms with van der Waals surface area (Å²) < 4.78 is 24.0. The van der Waals surface area contributed by atoms with Crippen LogP contribution in [-0.4, -0.2) is 19.0 Å². The van der Waals surface area contributed by atoms with Crippen molar-refractivity contribution in [3.05, 3.63) is 42.2 Å². The van der Waals surface area contributed by atoms with Crippen LogP contribution in [0, 0.1) is 5.41 Å². The molecule has 0 aromatic heterocycles. The Hall–Kier alpha value is -1.52. The maximum Gasteiger partial charge on any atom is 0.247 e. The number of rotatable bonds is 2. The van der Waals surface area contributed by atoms with Crippen molar-refractivity contribution in [1.82, 2.24) is 0 Å². The standard InChI is InChI=1S/C17H18O4/c1-18-13-5-2-4-12(10-13)17-15-6-3-7-16(15,8-9-19-17)20-14(11-15)21-17/h2,4-5,8-10,14H,3,6-7,11H2,1H3/t14-,15+,16+,17+/m0/s1. The van der Waals surface area contributed by atoms with Crippen molar-refractivity contribution in [2.45, 2.75) is 43.4 Å². The highest BCUT2D eigenvalue weighted by molar-refractivity contribution is 5.39. The number of fused-ring (bicyclic) bond motifs is 1. The topological polar surface area (TPSA) is 36.9 Å². The molecule has 21 heavy (non-hydrogen) atoms. The Balaban J connectivity index is 1.73. The molecule has 4 nitrogen and oxygen atoms in total. The van der Waals surface area contributed by atoms with Gasteiger partial charge >= 0.3 is 0 Å². The molecule has 5 rings (SSSR count). The van der Waals surface area contributed by atoms with E-state index in [2.05, 4.69) is 12.1 Å². The number of benzene rings is 1. The van der Waals surface area contributed by atoms with Gasteiger partial charge in [0.25, 0.3) is 0 Å². The normalized spacial score (nSPS) is 45.5. The van der Waals surface area contributed by atoms with Crippen molar-refractivity contribution in [3.63, 3.8) is 0 Å². The van der Waals surface area contributed by atoms with Crippen LogP contribution in [0.1, 0.15) is 31.2 Å². The highest BCUT2D eigenvalue weighted by Gasteiger charge is 2.79. The van der Waals surface area contributed by atoms with Crippen molar-refractivity contribution >= 4 is 0 Å². The van der Waals surface area contributed by atoms with E-state index in [4.69, 9.17) is 18.9 Å². The monoisotopic (exact) mass is 286 g/mol. The van der Waals surface area contributed by atoms with Crippen molar-refractivity contribution in [3.8, 4) is 5.75 Å². The van der Waals surface area contributed by atoms with Crippen molar-refractivity contribution in [1.29, 1.82) is 0 Å². The lowest BCUT2D eigenvalue weighted by Gasteiger charge is -2.53. The van der Waals surface area contributed by atoms with E-state index in [1.165, 1.54) is 0 Å². The largest absolute Gasteiger partial charge is 0.497 e. The maximum absolute atomic E-state index is 6.25. The highest BCUT2D eigenvalue weighted by Crippen LogP contribution is 2.73. The number of methoxy groups -OCH3 is 1. The molecule has 3 heterocycles. The Bertz CT molecular complexity index is 641. The first-order chi connectivity index (χ1) is 10.2. The van der Waals surface area contributed by atoms with Crippen molar-refractivity contribution < 1.29 is 18.9 Å². The smallest absolute Gasteiger partial charge is 0.247 e. The molecule has 2 bridgehead atoms. The molecule has 2 saturated heterocycles. The van der Waals surface area contributed by atoms with Gasteiger partial charge in [-0.25, -0.2) is 0 Å². The van der Waals surface area contributed by atoms with Gasteiger partial charge in [-0.1, -0.05) is 12.1 Å². The molecule has 4 aliphatic rings. The third-order valence-corrected chi connectivity index (χ3v) is 5.77. The molecule has 3 fully saturated rings. The average Bonchev–Trinajstić information content (AvgIpc) is 3.11. The summed E-state index contributed by atoms with van der Waals surface area (Å²) in [6.07, 6.45) is 7.90. The molecule has 0 N–H and O–H groups in total. The molecular formula is C17H18O4. The summed E-state index contributed by atoms with van der Waals surface area (Å²) in [6.45, 7) is 0. The molecular weight excluding hydrogens is 268 g/mol. The lowest BCUT2D eigenvalue weighted by atomic mass is 9.65. The Kier molecular flexibility index (Phi) is 2.08. The van der Waals surface area contributed by atoms with E-state index in [-0.39, 0.29) is 17.3 Å². The lowest BCUT2D eigenvalue weighted by Crippen LogP contribution is -2.59. The van der Waals surface area contributed by atoms with Gasteiger partial charge < -0.3 is 18.9 Å². The van der Waals surface area contributed by atoms with Crippen molar-refractivity contribution in [2.24, 2.45) is 5.41 Å². The molecule has 1 aromatic carbocycles. The predicted molar refractivity (Wildman–Crippen MR) is 74.5 cm³/mol. The molecule has 1 aliphatic carbocycles. The van der Waals surface area contributed by atoms with Gasteiger partial charge in [-0.3, -0.25) is 0 Å². The fraction of sp³-hybridized carbons (Fsp3) is 0.529. The fourth-order valence-corrected chi connectivity index (χ4v) is 4.95. The molecule has 4 atom stereocenters. The second-order valence-electron chi connectivity index (χ2n) is 6.46. The van der Waals surface area contributed by atoms with Gasteiger partial charge in [0, 0.05) is 12.0 Å². The Morgan fingerprint density at radius 2 is 2.19 bits per heavy atom. The van der Waals surface area contributed by atoms with Crippen LogP contribution in [0.2, 0.25) is 0 Å². The second kappa shape index (κ2) is 3.62. The van der Waals surface area contributed by atoms with Crippen LogP contribution in [0.25, 0.3) is 0 Å². The van der Waals surface area contributed by atoms with Gasteiger partial charge in [0.1, 0.15) is 11.4 Å². The molecule has 110 valence electrons. The van der Waals surface area contributed by atoms with Gasteiger partial charge in [0.15, 0.2) is 6.29 Å². The number of ether oxygens (including phenoxy) is 4. The van der Waals surface area contributed by atoms with Crippen molar-refractivity contribution in [2.75, 3.05) is 7.11 Å². The van der Waals surface area contributed by atoms with Crippen LogP contribution >= 0.6 is 0 Å². The molecule has 1 spiro atoms. The summed E-state index contributed by atoms with van der Waals surface area (Å²) in [5, 5.41) is 0. The molecule has 1 saturated carbocycles. The van der Waals surface area contributed by atoms with Crippen LogP contribution in [0.5, 0.6) is 5.75 Å². The second-order valence-corrected chi connectivity index (χ2v) is 6.46. The highest BCUT2D eigenvalue weighted by atomic mass is 16.8. The van der Waals surface area contributed by atoms with Crippen LogP contribution in [0.3, 0.4) is 0 Å². The Morgan fingerprint density at radius 1 is 1.24 bits per heavy atom. The fourth-order valence-electron chi connectivity index (χ4n) is 4.95. The first-order valence-corrected chi connectivity index (χ1v) is 7.59. The third kappa shape index (κ3) is 1.17. The zero-order valence-electron chi connectivity index (χ0n) is 12.0. The summed E-state index contributed by atoms with van der Waals surface area (Å²) in [5.74, 6) is 0.0997. The maximum atomic E-state index is 6.25. The summed E-state index contributed by atoms with van der Waals surface area (Å²) in [5.41, 5.74) is 0.714. The minimum absolute atomic E-state index is 0.105. The van der Waals surface area contributed by atoms with E-state index in [1.54, 1.807) is 13.4 Å². The van der Waals surface area contributed by atoms with Gasteiger partial charge in [-0.05, 0) is 37.5 Å². The van der Waals surface area contributed by atoms with E-state index < -0.39 is 5.79 Å². The summed E-state index contributed by atoms with van der Waals surface area (Å²) >= 11 is 0. The van der Waals surface area contributed by atoms with Gasteiger partial charge in [0.2, 0.25) is 5.79 Å². The molecule has 0 radical (unpaired) electrons. The minimum Gasteiger partial charge on any atom is -0.497 e. The van der Waals surface area contributed by atoms with Gasteiger partial charge in [-0.2, -0.15) is 0 Å². The van der Waals surface area contributed by atoms with Crippen LogP contribution in [-0.2, 0) is 20.0 Å². The molecule has 1 aromatic rings. The quantitative estimate of drug-likeness (QED) is 0.837. The molecule has 0 amide bonds. The Labute approximate surface area is 123 Å². The van der Waals surface area contributed by atoms with E-state index >= 15 is 0 Å². The first-order valence-electron chi connectivity index (χ1n) is 7.59. The predicted octanol–water partition coefficient (Wildman–Crippen LogP) is 3.08. The van der Waals surface area contributed by atoms with E-state index in [0.717, 1.165) is 37.0 Å². The SMILES string of the molecule is COc1cccc([C@]23OC=C[C@]45CCC[C@]24C[C@H](O3)O5)c1. The number of hydrogen-bond acceptors (Lipinski definition) is 4. The zero-order valence-corrected chi connectivity index (χ0v) is 12.0. The molecule has 0 unspecified atom stereocenters. The molecule has 4 heteroatoms. The first kappa shape index (κ1) is 12.1. The van der Waals surface area contributed by atoms with Gasteiger partial charge in [0.05, 0.1) is 18.8 Å². The minimum atomic E-state index is -0.726.